The Kier molecular flexibility index (Phi) is 4.25. The third kappa shape index (κ3) is 3.08. The number of aryl methyl sites for hydroxylation is 2. The number of hydrogen-bond acceptors (Lipinski definition) is 3. The van der Waals surface area contributed by atoms with E-state index in [2.05, 4.69) is 9.97 Å². The van der Waals surface area contributed by atoms with Crippen LogP contribution in [0.25, 0.3) is 0 Å². The molecule has 2 rings (SSSR count). The second-order valence-electron chi connectivity index (χ2n) is 4.80. The summed E-state index contributed by atoms with van der Waals surface area (Å²) in [7, 11) is -1.95. The standard InChI is InChI=1S/C14H19N3O2S/c1-4-13-15-9-14(16-13)20(18,19)17(3)10-12-7-5-6-11(2)8-12/h5-9H,4,10H2,1-3H3,(H,15,16). The molecule has 1 heterocycles. The Bertz CT molecular complexity index is 692. The van der Waals surface area contributed by atoms with E-state index in [0.717, 1.165) is 11.1 Å². The van der Waals surface area contributed by atoms with Crippen molar-refractivity contribution in [3.8, 4) is 0 Å². The molecule has 5 nitrogen and oxygen atoms in total. The van der Waals surface area contributed by atoms with Crippen LogP contribution in [-0.4, -0.2) is 29.7 Å². The fraction of sp³-hybridized carbons (Fsp3) is 0.357. The number of benzene rings is 1. The first-order chi connectivity index (χ1) is 9.43. The topological polar surface area (TPSA) is 66.1 Å². The molecule has 0 bridgehead atoms. The van der Waals surface area contributed by atoms with E-state index < -0.39 is 10.0 Å². The van der Waals surface area contributed by atoms with E-state index in [1.54, 1.807) is 7.05 Å². The first-order valence-electron chi connectivity index (χ1n) is 6.49. The molecule has 0 saturated carbocycles. The minimum absolute atomic E-state index is 0.143. The van der Waals surface area contributed by atoms with Gasteiger partial charge in [-0.3, -0.25) is 0 Å². The Morgan fingerprint density at radius 3 is 2.70 bits per heavy atom. The fourth-order valence-electron chi connectivity index (χ4n) is 1.97. The Morgan fingerprint density at radius 2 is 2.10 bits per heavy atom. The molecule has 0 aliphatic rings. The normalized spacial score (nSPS) is 12.0. The summed E-state index contributed by atoms with van der Waals surface area (Å²) in [6.45, 7) is 4.25. The lowest BCUT2D eigenvalue weighted by Crippen LogP contribution is -2.26. The summed E-state index contributed by atoms with van der Waals surface area (Å²) in [5.74, 6) is 0.674. The van der Waals surface area contributed by atoms with Gasteiger partial charge in [-0.05, 0) is 12.5 Å². The first kappa shape index (κ1) is 14.7. The van der Waals surface area contributed by atoms with E-state index in [1.165, 1.54) is 10.5 Å². The van der Waals surface area contributed by atoms with Crippen LogP contribution in [0.1, 0.15) is 23.9 Å². The van der Waals surface area contributed by atoms with E-state index in [4.69, 9.17) is 0 Å². The van der Waals surface area contributed by atoms with Crippen LogP contribution in [0.2, 0.25) is 0 Å². The van der Waals surface area contributed by atoms with E-state index in [-0.39, 0.29) is 5.03 Å². The van der Waals surface area contributed by atoms with Crippen molar-refractivity contribution in [1.29, 1.82) is 0 Å². The van der Waals surface area contributed by atoms with Gasteiger partial charge in [0.15, 0.2) is 5.03 Å². The predicted molar refractivity (Wildman–Crippen MR) is 77.8 cm³/mol. The number of aromatic amines is 1. The van der Waals surface area contributed by atoms with Gasteiger partial charge in [0.05, 0.1) is 6.20 Å². The van der Waals surface area contributed by atoms with Crippen molar-refractivity contribution in [2.75, 3.05) is 7.05 Å². The smallest absolute Gasteiger partial charge is 0.260 e. The lowest BCUT2D eigenvalue weighted by molar-refractivity contribution is 0.464. The van der Waals surface area contributed by atoms with Crippen LogP contribution in [0.4, 0.5) is 0 Å². The Balaban J connectivity index is 2.21. The van der Waals surface area contributed by atoms with Crippen molar-refractivity contribution in [1.82, 2.24) is 14.3 Å². The van der Waals surface area contributed by atoms with Crippen molar-refractivity contribution in [3.63, 3.8) is 0 Å². The van der Waals surface area contributed by atoms with Gasteiger partial charge in [0.25, 0.3) is 10.0 Å². The van der Waals surface area contributed by atoms with Crippen molar-refractivity contribution in [3.05, 3.63) is 47.4 Å². The molecule has 0 aliphatic heterocycles. The van der Waals surface area contributed by atoms with Crippen LogP contribution in [0.3, 0.4) is 0 Å². The monoisotopic (exact) mass is 293 g/mol. The number of nitrogens with one attached hydrogen (secondary N) is 1. The summed E-state index contributed by atoms with van der Waals surface area (Å²) >= 11 is 0. The molecule has 0 spiro atoms. The highest BCUT2D eigenvalue weighted by Crippen LogP contribution is 2.15. The highest BCUT2D eigenvalue weighted by atomic mass is 32.2. The molecule has 108 valence electrons. The molecule has 2 aromatic rings. The molecule has 0 saturated heterocycles. The van der Waals surface area contributed by atoms with Gasteiger partial charge < -0.3 is 4.98 Å². The molecule has 0 fully saturated rings. The van der Waals surface area contributed by atoms with Crippen molar-refractivity contribution in [2.24, 2.45) is 0 Å². The zero-order valence-electron chi connectivity index (χ0n) is 11.9. The highest BCUT2D eigenvalue weighted by Gasteiger charge is 2.23. The van der Waals surface area contributed by atoms with Gasteiger partial charge in [0, 0.05) is 20.0 Å². The Morgan fingerprint density at radius 1 is 1.35 bits per heavy atom. The highest BCUT2D eigenvalue weighted by molar-refractivity contribution is 7.89. The Labute approximate surface area is 119 Å². The van der Waals surface area contributed by atoms with Gasteiger partial charge in [-0.15, -0.1) is 0 Å². The molecular weight excluding hydrogens is 274 g/mol. The number of nitrogens with zero attached hydrogens (tertiary/aromatic N) is 2. The largest absolute Gasteiger partial charge is 0.332 e. The van der Waals surface area contributed by atoms with Crippen molar-refractivity contribution in [2.45, 2.75) is 31.8 Å². The molecule has 0 radical (unpaired) electrons. The van der Waals surface area contributed by atoms with Gasteiger partial charge in [0.2, 0.25) is 0 Å². The number of hydrogen-bond donors (Lipinski definition) is 1. The van der Waals surface area contributed by atoms with Crippen LogP contribution < -0.4 is 0 Å². The van der Waals surface area contributed by atoms with E-state index in [0.29, 0.717) is 18.8 Å². The quantitative estimate of drug-likeness (QED) is 0.918. The Hall–Kier alpha value is -1.66. The summed E-state index contributed by atoms with van der Waals surface area (Å²) in [6.07, 6.45) is 2.05. The van der Waals surface area contributed by atoms with Crippen LogP contribution in [-0.2, 0) is 23.0 Å². The maximum Gasteiger partial charge on any atom is 0.260 e. The number of H-pyrrole nitrogens is 1. The first-order valence-corrected chi connectivity index (χ1v) is 7.93. The SMILES string of the molecule is CCc1ncc(S(=O)(=O)N(C)Cc2cccc(C)c2)[nH]1. The zero-order valence-corrected chi connectivity index (χ0v) is 12.7. The lowest BCUT2D eigenvalue weighted by Gasteiger charge is -2.16. The minimum Gasteiger partial charge on any atom is -0.332 e. The van der Waals surface area contributed by atoms with Crippen LogP contribution >= 0.6 is 0 Å². The second-order valence-corrected chi connectivity index (χ2v) is 6.81. The molecule has 0 unspecified atom stereocenters. The molecular formula is C14H19N3O2S. The molecule has 0 aliphatic carbocycles. The molecule has 0 atom stereocenters. The molecule has 1 N–H and O–H groups in total. The molecule has 6 heteroatoms. The number of imidazole rings is 1. The van der Waals surface area contributed by atoms with E-state index in [9.17, 15) is 8.42 Å². The van der Waals surface area contributed by atoms with Gasteiger partial charge >= 0.3 is 0 Å². The second kappa shape index (κ2) is 5.76. The van der Waals surface area contributed by atoms with E-state index in [1.807, 2.05) is 38.1 Å². The minimum atomic E-state index is -3.52. The van der Waals surface area contributed by atoms with E-state index >= 15 is 0 Å². The van der Waals surface area contributed by atoms with Crippen molar-refractivity contribution < 1.29 is 8.42 Å². The summed E-state index contributed by atoms with van der Waals surface area (Å²) in [5.41, 5.74) is 2.08. The molecule has 1 aromatic carbocycles. The molecule has 0 amide bonds. The zero-order chi connectivity index (χ0) is 14.8. The van der Waals surface area contributed by atoms with Crippen LogP contribution in [0, 0.1) is 6.92 Å². The third-order valence-electron chi connectivity index (χ3n) is 3.12. The van der Waals surface area contributed by atoms with Crippen LogP contribution in [0.15, 0.2) is 35.5 Å². The average molecular weight is 293 g/mol. The van der Waals surface area contributed by atoms with Gasteiger partial charge in [-0.25, -0.2) is 13.4 Å². The van der Waals surface area contributed by atoms with Gasteiger partial charge in [0.1, 0.15) is 5.82 Å². The van der Waals surface area contributed by atoms with Gasteiger partial charge in [-0.2, -0.15) is 4.31 Å². The molecule has 20 heavy (non-hydrogen) atoms. The summed E-state index contributed by atoms with van der Waals surface area (Å²) in [4.78, 5) is 6.88. The van der Waals surface area contributed by atoms with Crippen LogP contribution in [0.5, 0.6) is 0 Å². The fourth-order valence-corrected chi connectivity index (χ4v) is 3.06. The predicted octanol–water partition coefficient (Wildman–Crippen LogP) is 2.10. The number of aromatic nitrogens is 2. The summed E-state index contributed by atoms with van der Waals surface area (Å²) in [5, 5.41) is 0.143. The lowest BCUT2D eigenvalue weighted by atomic mass is 10.1. The summed E-state index contributed by atoms with van der Waals surface area (Å²) in [6, 6.07) is 7.82. The number of rotatable bonds is 5. The van der Waals surface area contributed by atoms with Gasteiger partial charge in [-0.1, -0.05) is 36.8 Å². The third-order valence-corrected chi connectivity index (χ3v) is 4.83. The van der Waals surface area contributed by atoms with Crippen molar-refractivity contribution >= 4 is 10.0 Å². The maximum atomic E-state index is 12.4. The average Bonchev–Trinajstić information content (AvgIpc) is 2.88. The molecule has 1 aromatic heterocycles. The maximum absolute atomic E-state index is 12.4. The number of sulfonamides is 1. The summed E-state index contributed by atoms with van der Waals surface area (Å²) < 4.78 is 26.1.